The highest BCUT2D eigenvalue weighted by molar-refractivity contribution is 5.96. The van der Waals surface area contributed by atoms with E-state index in [2.05, 4.69) is 17.3 Å². The van der Waals surface area contributed by atoms with Crippen molar-refractivity contribution in [1.29, 1.82) is 0 Å². The Morgan fingerprint density at radius 3 is 2.48 bits per heavy atom. The van der Waals surface area contributed by atoms with Crippen molar-refractivity contribution in [2.24, 2.45) is 0 Å². The molecule has 0 aromatic heterocycles. The van der Waals surface area contributed by atoms with Crippen LogP contribution in [0.1, 0.15) is 24.8 Å². The van der Waals surface area contributed by atoms with Gasteiger partial charge in [0.15, 0.2) is 0 Å². The topological polar surface area (TPSA) is 55.9 Å². The fourth-order valence-corrected chi connectivity index (χ4v) is 3.60. The minimum absolute atomic E-state index is 0.0658. The van der Waals surface area contributed by atoms with Crippen LogP contribution in [0, 0.1) is 6.92 Å². The van der Waals surface area contributed by atoms with Crippen LogP contribution in [0.15, 0.2) is 24.3 Å². The molecule has 1 aromatic rings. The molecule has 2 fully saturated rings. The number of piperidine rings is 1. The summed E-state index contributed by atoms with van der Waals surface area (Å²) in [6, 6.07) is 8.00. The van der Waals surface area contributed by atoms with Gasteiger partial charge in [0.2, 0.25) is 5.91 Å². The summed E-state index contributed by atoms with van der Waals surface area (Å²) in [5.74, 6) is 0.0658. The highest BCUT2D eigenvalue weighted by Crippen LogP contribution is 2.22. The molecular weight excluding hydrogens is 316 g/mol. The molecule has 3 rings (SSSR count). The summed E-state index contributed by atoms with van der Waals surface area (Å²) in [6.07, 6.45) is 2.36. The van der Waals surface area contributed by atoms with Gasteiger partial charge in [0.1, 0.15) is 0 Å². The maximum Gasteiger partial charge on any atom is 0.317 e. The number of likely N-dealkylation sites (tertiary alicyclic amines) is 1. The lowest BCUT2D eigenvalue weighted by atomic mass is 10.0. The van der Waals surface area contributed by atoms with E-state index in [9.17, 15) is 9.59 Å². The van der Waals surface area contributed by atoms with Gasteiger partial charge in [-0.3, -0.25) is 4.79 Å². The van der Waals surface area contributed by atoms with Crippen LogP contribution >= 0.6 is 0 Å². The third-order valence-electron chi connectivity index (χ3n) is 5.35. The highest BCUT2D eigenvalue weighted by Gasteiger charge is 2.33. The predicted octanol–water partition coefficient (Wildman–Crippen LogP) is 1.84. The van der Waals surface area contributed by atoms with Crippen LogP contribution < -0.4 is 10.2 Å². The van der Waals surface area contributed by atoms with Crippen LogP contribution in [0.25, 0.3) is 0 Å². The first-order valence-electron chi connectivity index (χ1n) is 9.03. The lowest BCUT2D eigenvalue weighted by molar-refractivity contribution is -0.117. The third-order valence-corrected chi connectivity index (χ3v) is 5.35. The highest BCUT2D eigenvalue weighted by atomic mass is 16.2. The zero-order valence-corrected chi connectivity index (χ0v) is 15.4. The number of nitrogens with one attached hydrogen (secondary N) is 1. The third kappa shape index (κ3) is 4.12. The molecule has 25 heavy (non-hydrogen) atoms. The van der Waals surface area contributed by atoms with E-state index in [0.29, 0.717) is 13.0 Å². The minimum atomic E-state index is -0.130. The maximum absolute atomic E-state index is 12.5. The quantitative estimate of drug-likeness (QED) is 0.910. The number of amides is 3. The van der Waals surface area contributed by atoms with Crippen LogP contribution in [-0.2, 0) is 4.79 Å². The van der Waals surface area contributed by atoms with Crippen molar-refractivity contribution in [2.45, 2.75) is 38.3 Å². The first-order chi connectivity index (χ1) is 11.9. The van der Waals surface area contributed by atoms with E-state index in [0.717, 1.165) is 31.6 Å². The molecule has 2 aliphatic rings. The number of hydrogen-bond acceptors (Lipinski definition) is 3. The van der Waals surface area contributed by atoms with Gasteiger partial charge < -0.3 is 20.0 Å². The van der Waals surface area contributed by atoms with Crippen LogP contribution in [-0.4, -0.2) is 67.6 Å². The second-order valence-electron chi connectivity index (χ2n) is 7.34. The standard InChI is InChI=1S/C19H28N4O2/c1-14-4-6-17(7-5-14)23-13-15(12-18(23)24)20-19(25)22(3)16-8-10-21(2)11-9-16/h4-7,15-16H,8-13H2,1-3H3,(H,20,25)/t15-/m1/s1. The summed E-state index contributed by atoms with van der Waals surface area (Å²) in [5, 5.41) is 3.04. The Morgan fingerprint density at radius 1 is 1.20 bits per heavy atom. The molecule has 1 N–H and O–H groups in total. The summed E-state index contributed by atoms with van der Waals surface area (Å²) in [5.41, 5.74) is 2.07. The van der Waals surface area contributed by atoms with E-state index < -0.39 is 0 Å². The Labute approximate surface area is 149 Å². The first kappa shape index (κ1) is 17.7. The van der Waals surface area contributed by atoms with Crippen LogP contribution in [0.3, 0.4) is 0 Å². The van der Waals surface area contributed by atoms with Gasteiger partial charge in [-0.25, -0.2) is 4.79 Å². The molecule has 2 aliphatic heterocycles. The van der Waals surface area contributed by atoms with E-state index in [-0.39, 0.29) is 24.0 Å². The lowest BCUT2D eigenvalue weighted by Gasteiger charge is -2.35. The average molecular weight is 344 g/mol. The molecule has 0 unspecified atom stereocenters. The summed E-state index contributed by atoms with van der Waals surface area (Å²) in [4.78, 5) is 30.7. The number of anilines is 1. The molecule has 2 heterocycles. The number of carbonyl (C=O) groups excluding carboxylic acids is 2. The second-order valence-corrected chi connectivity index (χ2v) is 7.34. The lowest BCUT2D eigenvalue weighted by Crippen LogP contribution is -2.50. The fraction of sp³-hybridized carbons (Fsp3) is 0.579. The Balaban J connectivity index is 1.55. The zero-order chi connectivity index (χ0) is 18.0. The fourth-order valence-electron chi connectivity index (χ4n) is 3.60. The largest absolute Gasteiger partial charge is 0.333 e. The van der Waals surface area contributed by atoms with E-state index in [4.69, 9.17) is 0 Å². The van der Waals surface area contributed by atoms with E-state index >= 15 is 0 Å². The first-order valence-corrected chi connectivity index (χ1v) is 9.03. The molecule has 2 saturated heterocycles. The Morgan fingerprint density at radius 2 is 1.84 bits per heavy atom. The number of rotatable bonds is 3. The van der Waals surface area contributed by atoms with Crippen molar-refractivity contribution in [2.75, 3.05) is 38.6 Å². The summed E-state index contributed by atoms with van der Waals surface area (Å²) in [6.45, 7) is 4.60. The monoisotopic (exact) mass is 344 g/mol. The smallest absolute Gasteiger partial charge is 0.317 e. The van der Waals surface area contributed by atoms with Crippen molar-refractivity contribution in [3.63, 3.8) is 0 Å². The molecular formula is C19H28N4O2. The average Bonchev–Trinajstić information content (AvgIpc) is 2.96. The Hall–Kier alpha value is -2.08. The molecule has 1 aromatic carbocycles. The van der Waals surface area contributed by atoms with Crippen molar-refractivity contribution >= 4 is 17.6 Å². The minimum Gasteiger partial charge on any atom is -0.333 e. The number of aryl methyl sites for hydroxylation is 1. The zero-order valence-electron chi connectivity index (χ0n) is 15.4. The molecule has 1 atom stereocenters. The van der Waals surface area contributed by atoms with E-state index in [1.165, 1.54) is 5.56 Å². The molecule has 0 aliphatic carbocycles. The number of carbonyl (C=O) groups is 2. The van der Waals surface area contributed by atoms with Crippen molar-refractivity contribution in [3.8, 4) is 0 Å². The van der Waals surface area contributed by atoms with Crippen molar-refractivity contribution in [3.05, 3.63) is 29.8 Å². The number of benzene rings is 1. The van der Waals surface area contributed by atoms with Gasteiger partial charge in [0, 0.05) is 31.7 Å². The van der Waals surface area contributed by atoms with Crippen LogP contribution in [0.2, 0.25) is 0 Å². The molecule has 6 nitrogen and oxygen atoms in total. The molecule has 0 bridgehead atoms. The molecule has 136 valence electrons. The van der Waals surface area contributed by atoms with E-state index in [1.807, 2.05) is 43.1 Å². The van der Waals surface area contributed by atoms with E-state index in [1.54, 1.807) is 4.90 Å². The van der Waals surface area contributed by atoms with Gasteiger partial charge in [0.25, 0.3) is 0 Å². The Bertz CT molecular complexity index is 623. The maximum atomic E-state index is 12.5. The van der Waals surface area contributed by atoms with Crippen molar-refractivity contribution in [1.82, 2.24) is 15.1 Å². The second kappa shape index (κ2) is 7.44. The van der Waals surface area contributed by atoms with Gasteiger partial charge in [0.05, 0.1) is 6.04 Å². The molecule has 6 heteroatoms. The molecule has 0 radical (unpaired) electrons. The normalized spacial score (nSPS) is 22.3. The van der Waals surface area contributed by atoms with Gasteiger partial charge in [-0.15, -0.1) is 0 Å². The van der Waals surface area contributed by atoms with Gasteiger partial charge >= 0.3 is 6.03 Å². The summed E-state index contributed by atoms with van der Waals surface area (Å²) < 4.78 is 0. The van der Waals surface area contributed by atoms with Gasteiger partial charge in [-0.2, -0.15) is 0 Å². The molecule has 0 spiro atoms. The van der Waals surface area contributed by atoms with Gasteiger partial charge in [-0.05, 0) is 52.0 Å². The predicted molar refractivity (Wildman–Crippen MR) is 98.8 cm³/mol. The Kier molecular flexibility index (Phi) is 5.27. The number of urea groups is 1. The van der Waals surface area contributed by atoms with Crippen molar-refractivity contribution < 1.29 is 9.59 Å². The van der Waals surface area contributed by atoms with Gasteiger partial charge in [-0.1, -0.05) is 17.7 Å². The molecule has 3 amide bonds. The summed E-state index contributed by atoms with van der Waals surface area (Å²) in [7, 11) is 3.97. The SMILES string of the molecule is Cc1ccc(N2C[C@H](NC(=O)N(C)C3CCN(C)CC3)CC2=O)cc1. The van der Waals surface area contributed by atoms with Crippen LogP contribution in [0.5, 0.6) is 0 Å². The summed E-state index contributed by atoms with van der Waals surface area (Å²) >= 11 is 0. The number of hydrogen-bond donors (Lipinski definition) is 1. The molecule has 0 saturated carbocycles. The van der Waals surface area contributed by atoms with Crippen LogP contribution in [0.4, 0.5) is 10.5 Å². The number of nitrogens with zero attached hydrogens (tertiary/aromatic N) is 3.